The van der Waals surface area contributed by atoms with Crippen LogP contribution in [0, 0.1) is 22.7 Å². The van der Waals surface area contributed by atoms with Gasteiger partial charge in [-0.15, -0.1) is 0 Å². The van der Waals surface area contributed by atoms with Gasteiger partial charge in [-0.05, 0) is 48.2 Å². The van der Waals surface area contributed by atoms with Gasteiger partial charge >= 0.3 is 0 Å². The lowest BCUT2D eigenvalue weighted by atomic mass is 9.60. The number of fused-ring (bicyclic) bond motifs is 1. The number of methoxy groups -OCH3 is 1. The zero-order chi connectivity index (χ0) is 27.2. The third-order valence-corrected chi connectivity index (χ3v) is 15.3. The maximum atomic E-state index is 14.3. The van der Waals surface area contributed by atoms with Gasteiger partial charge in [0.2, 0.25) is 0 Å². The summed E-state index contributed by atoms with van der Waals surface area (Å²) >= 11 is 0. The highest BCUT2D eigenvalue weighted by Crippen LogP contribution is 2.51. The number of allylic oxidation sites excluding steroid dienone is 3. The second-order valence-electron chi connectivity index (χ2n) is 12.9. The van der Waals surface area contributed by atoms with E-state index in [1.807, 2.05) is 19.1 Å². The second kappa shape index (κ2) is 9.97. The molecule has 5 nitrogen and oxygen atoms in total. The highest BCUT2D eigenvalue weighted by molar-refractivity contribution is 7.92. The Kier molecular flexibility index (Phi) is 8.04. The van der Waals surface area contributed by atoms with Crippen molar-refractivity contribution in [1.82, 2.24) is 0 Å². The van der Waals surface area contributed by atoms with Crippen molar-refractivity contribution in [2.24, 2.45) is 22.7 Å². The molecule has 0 aromatic heterocycles. The summed E-state index contributed by atoms with van der Waals surface area (Å²) < 4.78 is 41.0. The molecule has 2 aliphatic rings. The highest BCUT2D eigenvalue weighted by Gasteiger charge is 2.54. The minimum Gasteiger partial charge on any atom is -0.410 e. The van der Waals surface area contributed by atoms with Crippen LogP contribution in [0.1, 0.15) is 48.0 Å². The zero-order valence-corrected chi connectivity index (χ0v) is 25.2. The third-order valence-electron chi connectivity index (χ3n) is 8.70. The Morgan fingerprint density at radius 3 is 2.22 bits per heavy atom. The Morgan fingerprint density at radius 1 is 1.06 bits per heavy atom. The molecule has 7 heteroatoms. The molecule has 5 atom stereocenters. The van der Waals surface area contributed by atoms with E-state index in [-0.39, 0.29) is 28.4 Å². The van der Waals surface area contributed by atoms with E-state index in [1.165, 1.54) is 0 Å². The molecular weight excluding hydrogens is 488 g/mol. The van der Waals surface area contributed by atoms with Crippen LogP contribution in [-0.4, -0.2) is 47.6 Å². The van der Waals surface area contributed by atoms with Crippen LogP contribution in [-0.2, 0) is 23.8 Å². The Labute approximate surface area is 219 Å². The number of hydrogen-bond donors (Lipinski definition) is 0. The van der Waals surface area contributed by atoms with Crippen LogP contribution in [0.15, 0.2) is 59.5 Å². The van der Waals surface area contributed by atoms with Crippen molar-refractivity contribution in [1.29, 1.82) is 0 Å². The summed E-state index contributed by atoms with van der Waals surface area (Å²) in [5.41, 5.74) is -1.13. The Bertz CT molecular complexity index is 1110. The molecule has 0 saturated heterocycles. The molecule has 3 rings (SSSR count). The van der Waals surface area contributed by atoms with Crippen molar-refractivity contribution >= 4 is 23.9 Å². The van der Waals surface area contributed by atoms with Crippen LogP contribution in [0.25, 0.3) is 0 Å². The van der Waals surface area contributed by atoms with E-state index in [0.717, 1.165) is 0 Å². The lowest BCUT2D eigenvalue weighted by Crippen LogP contribution is -2.54. The minimum absolute atomic E-state index is 0.0158. The molecule has 0 bridgehead atoms. The van der Waals surface area contributed by atoms with E-state index in [0.29, 0.717) is 6.42 Å². The first kappa shape index (κ1) is 29.0. The molecule has 2 aliphatic carbocycles. The molecule has 0 saturated carbocycles. The van der Waals surface area contributed by atoms with E-state index in [2.05, 4.69) is 59.9 Å². The van der Waals surface area contributed by atoms with Crippen LogP contribution < -0.4 is 0 Å². The maximum Gasteiger partial charge on any atom is 0.192 e. The third kappa shape index (κ3) is 5.49. The largest absolute Gasteiger partial charge is 0.410 e. The summed E-state index contributed by atoms with van der Waals surface area (Å²) in [7, 11) is -4.36. The molecule has 0 N–H and O–H groups in total. The molecule has 200 valence electrons. The van der Waals surface area contributed by atoms with Crippen molar-refractivity contribution < 1.29 is 22.4 Å². The molecule has 0 amide bonds. The van der Waals surface area contributed by atoms with E-state index in [9.17, 15) is 13.2 Å². The predicted octanol–water partition coefficient (Wildman–Crippen LogP) is 6.23. The van der Waals surface area contributed by atoms with Gasteiger partial charge < -0.3 is 9.16 Å². The average Bonchev–Trinajstić information content (AvgIpc) is 2.77. The summed E-state index contributed by atoms with van der Waals surface area (Å²) in [6, 6.07) is 8.63. The lowest BCUT2D eigenvalue weighted by Gasteiger charge is -2.50. The fourth-order valence-electron chi connectivity index (χ4n) is 5.40. The number of hydrogen-bond acceptors (Lipinski definition) is 5. The molecule has 0 heterocycles. The second-order valence-corrected chi connectivity index (χ2v) is 19.9. The molecule has 0 radical (unpaired) electrons. The highest BCUT2D eigenvalue weighted by atomic mass is 32.2. The summed E-state index contributed by atoms with van der Waals surface area (Å²) in [4.78, 5) is 13.4. The van der Waals surface area contributed by atoms with Crippen molar-refractivity contribution in [3.05, 3.63) is 54.6 Å². The number of carbonyl (C=O) groups is 1. The number of rotatable bonds is 6. The van der Waals surface area contributed by atoms with Crippen LogP contribution in [0.3, 0.4) is 0 Å². The quantitative estimate of drug-likeness (QED) is 0.321. The molecule has 0 unspecified atom stereocenters. The van der Waals surface area contributed by atoms with Crippen molar-refractivity contribution in [2.45, 2.75) is 82.3 Å². The maximum absolute atomic E-state index is 14.3. The smallest absolute Gasteiger partial charge is 0.192 e. The fourth-order valence-corrected chi connectivity index (χ4v) is 9.19. The summed E-state index contributed by atoms with van der Waals surface area (Å²) in [5, 5.41) is -0.772. The van der Waals surface area contributed by atoms with Crippen LogP contribution in [0.5, 0.6) is 0 Å². The SMILES string of the molecule is COC[C@H]1C(=O)C=C[C@]2(C)C=C[C@@H](O[Si](C)(C)C(C)(C)C)C(C)(C)C[C@H](S(=O)(=O)c3ccccc3)[C@H]12. The van der Waals surface area contributed by atoms with Gasteiger partial charge in [0.05, 0.1) is 28.8 Å². The Morgan fingerprint density at radius 2 is 1.67 bits per heavy atom. The van der Waals surface area contributed by atoms with Crippen molar-refractivity contribution in [3.63, 3.8) is 0 Å². The first-order valence-electron chi connectivity index (χ1n) is 12.8. The Hall–Kier alpha value is -1.54. The summed E-state index contributed by atoms with van der Waals surface area (Å²) in [5.74, 6) is -1.09. The number of ether oxygens (including phenoxy) is 1. The number of benzene rings is 1. The summed E-state index contributed by atoms with van der Waals surface area (Å²) in [6.45, 7) is 17.5. The average molecular weight is 533 g/mol. The molecule has 0 spiro atoms. The van der Waals surface area contributed by atoms with Gasteiger partial charge in [0, 0.05) is 18.4 Å². The molecule has 1 aromatic carbocycles. The standard InChI is InChI=1S/C29H44O5SSi/c1-27(2,3)36(8,9)34-25-16-18-29(6)17-15-23(30)22(20-33-7)26(29)24(19-28(25,4)5)35(31,32)21-13-11-10-12-14-21/h10-18,22,24-26H,19-20H2,1-9H3/t22-,24-,25+,26-,29+/m0/s1. The topological polar surface area (TPSA) is 69.7 Å². The molecule has 0 fully saturated rings. The predicted molar refractivity (Wildman–Crippen MR) is 148 cm³/mol. The van der Waals surface area contributed by atoms with Gasteiger partial charge in [-0.25, -0.2) is 8.42 Å². The van der Waals surface area contributed by atoms with Gasteiger partial charge in [0.15, 0.2) is 23.9 Å². The van der Waals surface area contributed by atoms with E-state index >= 15 is 0 Å². The zero-order valence-electron chi connectivity index (χ0n) is 23.4. The first-order chi connectivity index (χ1) is 16.5. The molecule has 36 heavy (non-hydrogen) atoms. The minimum atomic E-state index is -3.77. The van der Waals surface area contributed by atoms with Crippen LogP contribution in [0.4, 0.5) is 0 Å². The monoisotopic (exact) mass is 532 g/mol. The summed E-state index contributed by atoms with van der Waals surface area (Å²) in [6.07, 6.45) is 7.83. The van der Waals surface area contributed by atoms with Crippen molar-refractivity contribution in [2.75, 3.05) is 13.7 Å². The van der Waals surface area contributed by atoms with Gasteiger partial charge in [0.25, 0.3) is 0 Å². The van der Waals surface area contributed by atoms with Gasteiger partial charge in [-0.2, -0.15) is 0 Å². The van der Waals surface area contributed by atoms with Gasteiger partial charge in [-0.1, -0.05) is 78.0 Å². The molecular formula is C29H44O5SSi. The molecule has 0 aliphatic heterocycles. The van der Waals surface area contributed by atoms with Gasteiger partial charge in [0.1, 0.15) is 0 Å². The van der Waals surface area contributed by atoms with Crippen LogP contribution >= 0.6 is 0 Å². The molecule has 1 aromatic rings. The number of carbonyl (C=O) groups excluding carboxylic acids is 1. The van der Waals surface area contributed by atoms with E-state index in [4.69, 9.17) is 9.16 Å². The number of ketones is 1. The number of sulfone groups is 1. The van der Waals surface area contributed by atoms with E-state index < -0.39 is 46.1 Å². The van der Waals surface area contributed by atoms with E-state index in [1.54, 1.807) is 37.5 Å². The van der Waals surface area contributed by atoms with Crippen molar-refractivity contribution in [3.8, 4) is 0 Å². The fraction of sp³-hybridized carbons (Fsp3) is 0.621. The van der Waals surface area contributed by atoms with Gasteiger partial charge in [-0.3, -0.25) is 4.79 Å². The first-order valence-corrected chi connectivity index (χ1v) is 17.3. The normalized spacial score (nSPS) is 31.0. The van der Waals surface area contributed by atoms with Crippen LogP contribution in [0.2, 0.25) is 18.1 Å². The lowest BCUT2D eigenvalue weighted by molar-refractivity contribution is -0.124. The Balaban J connectivity index is 2.23.